The number of hydrogen-bond acceptors (Lipinski definition) is 10. The molecule has 3 heterocycles. The van der Waals surface area contributed by atoms with Crippen LogP contribution >= 0.6 is 34.4 Å². The van der Waals surface area contributed by atoms with E-state index in [9.17, 15) is 14.0 Å². The smallest absolute Gasteiger partial charge is 0.281 e. The number of aromatic nitrogens is 5. The van der Waals surface area contributed by atoms with Crippen molar-refractivity contribution < 1.29 is 18.7 Å². The van der Waals surface area contributed by atoms with E-state index in [-0.39, 0.29) is 34.1 Å². The summed E-state index contributed by atoms with van der Waals surface area (Å²) < 4.78 is 20.3. The molecule has 0 saturated carbocycles. The maximum Gasteiger partial charge on any atom is 0.281 e. The van der Waals surface area contributed by atoms with Gasteiger partial charge in [0, 0.05) is 11.6 Å². The Labute approximate surface area is 192 Å². The number of amides is 2. The van der Waals surface area contributed by atoms with Crippen molar-refractivity contribution in [1.82, 2.24) is 25.0 Å². The molecule has 0 radical (unpaired) electrons. The summed E-state index contributed by atoms with van der Waals surface area (Å²) in [5.41, 5.74) is 0.596. The summed E-state index contributed by atoms with van der Waals surface area (Å²) >= 11 is 3.64. The van der Waals surface area contributed by atoms with Gasteiger partial charge in [-0.1, -0.05) is 23.1 Å². The summed E-state index contributed by atoms with van der Waals surface area (Å²) in [6.07, 6.45) is 3.12. The number of carbonyl (C=O) groups is 2. The Hall–Kier alpha value is -3.36. The van der Waals surface area contributed by atoms with Crippen LogP contribution in [0.5, 0.6) is 5.75 Å². The fraction of sp³-hybridized carbons (Fsp3) is 0.111. The number of methoxy groups -OCH3 is 1. The summed E-state index contributed by atoms with van der Waals surface area (Å²) in [4.78, 5) is 28.6. The number of carbonyl (C=O) groups excluding carboxylic acids is 2. The molecule has 0 unspecified atom stereocenters. The van der Waals surface area contributed by atoms with Crippen molar-refractivity contribution in [1.29, 1.82) is 0 Å². The first-order valence-electron chi connectivity index (χ1n) is 8.88. The standard InChI is InChI=1S/C18H14FN7O3S3/c1-29-12-8-26(11-4-2-10(19)3-5-11)25-14(12)15(28)22-17-23-24-18(32-17)31-9-13(27)21-16-20-6-7-30-16/h2-8H,9H2,1H3,(H,20,21,27)(H,22,23,28). The summed E-state index contributed by atoms with van der Waals surface area (Å²) in [6, 6.07) is 5.65. The Bertz CT molecular complexity index is 1230. The zero-order valence-corrected chi connectivity index (χ0v) is 18.8. The van der Waals surface area contributed by atoms with Crippen LogP contribution in [0.4, 0.5) is 14.7 Å². The average Bonchev–Trinajstić information content (AvgIpc) is 3.54. The number of hydrogen-bond donors (Lipinski definition) is 2. The molecular formula is C18H14FN7O3S3. The third-order valence-corrected chi connectivity index (χ3v) is 6.50. The zero-order valence-electron chi connectivity index (χ0n) is 16.3. The van der Waals surface area contributed by atoms with Gasteiger partial charge >= 0.3 is 0 Å². The molecule has 32 heavy (non-hydrogen) atoms. The molecule has 164 valence electrons. The lowest BCUT2D eigenvalue weighted by Gasteiger charge is -2.00. The topological polar surface area (TPSA) is 124 Å². The second-order valence-corrected chi connectivity index (χ2v) is 9.06. The molecule has 0 aliphatic heterocycles. The van der Waals surface area contributed by atoms with Gasteiger partial charge in [-0.2, -0.15) is 5.10 Å². The SMILES string of the molecule is COc1cn(-c2ccc(F)cc2)nc1C(=O)Nc1nnc(SCC(=O)Nc2nccs2)s1. The minimum Gasteiger partial charge on any atom is -0.493 e. The zero-order chi connectivity index (χ0) is 22.5. The minimum atomic E-state index is -0.545. The van der Waals surface area contributed by atoms with Crippen molar-refractivity contribution in [2.75, 3.05) is 23.5 Å². The van der Waals surface area contributed by atoms with Crippen LogP contribution in [0.25, 0.3) is 5.69 Å². The van der Waals surface area contributed by atoms with Gasteiger partial charge in [0.15, 0.2) is 20.9 Å². The Kier molecular flexibility index (Phi) is 6.72. The Balaban J connectivity index is 1.38. The summed E-state index contributed by atoms with van der Waals surface area (Å²) in [5.74, 6) is -0.780. The van der Waals surface area contributed by atoms with Crippen molar-refractivity contribution >= 4 is 56.5 Å². The third kappa shape index (κ3) is 5.27. The molecule has 0 saturated heterocycles. The summed E-state index contributed by atoms with van der Waals surface area (Å²) in [6.45, 7) is 0. The number of nitrogens with one attached hydrogen (secondary N) is 2. The monoisotopic (exact) mass is 491 g/mol. The fourth-order valence-corrected chi connectivity index (χ4v) is 4.53. The number of rotatable bonds is 8. The Morgan fingerprint density at radius 3 is 2.72 bits per heavy atom. The number of halogens is 1. The largest absolute Gasteiger partial charge is 0.493 e. The predicted molar refractivity (Wildman–Crippen MR) is 119 cm³/mol. The number of ether oxygens (including phenoxy) is 1. The van der Waals surface area contributed by atoms with Crippen molar-refractivity contribution in [3.05, 3.63) is 53.6 Å². The first kappa shape index (κ1) is 21.9. The average molecular weight is 492 g/mol. The highest BCUT2D eigenvalue weighted by atomic mass is 32.2. The second-order valence-electron chi connectivity index (χ2n) is 5.97. The van der Waals surface area contributed by atoms with E-state index in [0.29, 0.717) is 15.2 Å². The van der Waals surface area contributed by atoms with Gasteiger partial charge in [0.2, 0.25) is 11.0 Å². The highest BCUT2D eigenvalue weighted by Gasteiger charge is 2.20. The number of benzene rings is 1. The molecule has 2 amide bonds. The molecule has 3 aromatic heterocycles. The van der Waals surface area contributed by atoms with Crippen LogP contribution in [0.3, 0.4) is 0 Å². The van der Waals surface area contributed by atoms with E-state index in [4.69, 9.17) is 4.74 Å². The molecule has 1 aromatic carbocycles. The van der Waals surface area contributed by atoms with E-state index in [1.807, 2.05) is 0 Å². The number of anilines is 2. The van der Waals surface area contributed by atoms with Gasteiger partial charge in [-0.25, -0.2) is 14.1 Å². The molecule has 4 rings (SSSR count). The van der Waals surface area contributed by atoms with Crippen LogP contribution in [0.15, 0.2) is 46.4 Å². The molecule has 14 heteroatoms. The van der Waals surface area contributed by atoms with Crippen LogP contribution in [0.1, 0.15) is 10.5 Å². The van der Waals surface area contributed by atoms with Gasteiger partial charge in [0.25, 0.3) is 5.91 Å². The molecule has 10 nitrogen and oxygen atoms in total. The summed E-state index contributed by atoms with van der Waals surface area (Å²) in [7, 11) is 1.42. The lowest BCUT2D eigenvalue weighted by atomic mass is 10.3. The van der Waals surface area contributed by atoms with Crippen LogP contribution in [-0.2, 0) is 4.79 Å². The number of thiazole rings is 1. The maximum absolute atomic E-state index is 13.2. The predicted octanol–water partition coefficient (Wildman–Crippen LogP) is 3.31. The van der Waals surface area contributed by atoms with E-state index in [1.54, 1.807) is 11.6 Å². The van der Waals surface area contributed by atoms with Gasteiger partial charge < -0.3 is 10.1 Å². The van der Waals surface area contributed by atoms with Crippen LogP contribution in [0.2, 0.25) is 0 Å². The van der Waals surface area contributed by atoms with Crippen LogP contribution in [0, 0.1) is 5.82 Å². The molecule has 0 bridgehead atoms. The highest BCUT2D eigenvalue weighted by Crippen LogP contribution is 2.27. The second kappa shape index (κ2) is 9.84. The quantitative estimate of drug-likeness (QED) is 0.284. The Morgan fingerprint density at radius 1 is 1.19 bits per heavy atom. The van der Waals surface area contributed by atoms with Gasteiger partial charge in [-0.3, -0.25) is 14.9 Å². The van der Waals surface area contributed by atoms with Crippen LogP contribution < -0.4 is 15.4 Å². The van der Waals surface area contributed by atoms with E-state index >= 15 is 0 Å². The number of nitrogens with zero attached hydrogens (tertiary/aromatic N) is 5. The van der Waals surface area contributed by atoms with E-state index in [1.165, 1.54) is 65.4 Å². The first-order valence-corrected chi connectivity index (χ1v) is 11.6. The third-order valence-electron chi connectivity index (χ3n) is 3.84. The molecule has 4 aromatic rings. The lowest BCUT2D eigenvalue weighted by Crippen LogP contribution is -2.14. The minimum absolute atomic E-state index is 0.0315. The van der Waals surface area contributed by atoms with Crippen molar-refractivity contribution in [2.45, 2.75) is 4.34 Å². The molecule has 0 aliphatic rings. The molecular weight excluding hydrogens is 477 g/mol. The summed E-state index contributed by atoms with van der Waals surface area (Å²) in [5, 5.41) is 19.9. The van der Waals surface area contributed by atoms with Gasteiger partial charge in [-0.05, 0) is 24.3 Å². The number of thioether (sulfide) groups is 1. The molecule has 0 fully saturated rings. The van der Waals surface area contributed by atoms with Gasteiger partial charge in [0.1, 0.15) is 5.82 Å². The van der Waals surface area contributed by atoms with Gasteiger partial charge in [-0.15, -0.1) is 21.5 Å². The van der Waals surface area contributed by atoms with E-state index in [2.05, 4.69) is 30.9 Å². The lowest BCUT2D eigenvalue weighted by molar-refractivity contribution is -0.113. The first-order chi connectivity index (χ1) is 15.5. The van der Waals surface area contributed by atoms with Crippen molar-refractivity contribution in [2.24, 2.45) is 0 Å². The van der Waals surface area contributed by atoms with Crippen molar-refractivity contribution in [3.8, 4) is 11.4 Å². The molecule has 0 spiro atoms. The fourth-order valence-electron chi connectivity index (χ4n) is 2.43. The highest BCUT2D eigenvalue weighted by molar-refractivity contribution is 8.01. The molecule has 0 aliphatic carbocycles. The normalized spacial score (nSPS) is 10.7. The van der Waals surface area contributed by atoms with Crippen LogP contribution in [-0.4, -0.2) is 49.6 Å². The Morgan fingerprint density at radius 2 is 2.00 bits per heavy atom. The molecule has 0 atom stereocenters. The van der Waals surface area contributed by atoms with Crippen molar-refractivity contribution in [3.63, 3.8) is 0 Å². The molecule has 2 N–H and O–H groups in total. The maximum atomic E-state index is 13.2. The van der Waals surface area contributed by atoms with E-state index in [0.717, 1.165) is 11.3 Å². The van der Waals surface area contributed by atoms with Gasteiger partial charge in [0.05, 0.1) is 24.7 Å². The van der Waals surface area contributed by atoms with E-state index < -0.39 is 5.91 Å².